The van der Waals surface area contributed by atoms with Crippen LogP contribution in [0.2, 0.25) is 0 Å². The highest BCUT2D eigenvalue weighted by Gasteiger charge is 2.13. The van der Waals surface area contributed by atoms with Crippen molar-refractivity contribution in [3.8, 4) is 0 Å². The van der Waals surface area contributed by atoms with E-state index in [0.29, 0.717) is 0 Å². The number of fused-ring (bicyclic) bond motifs is 1. The number of benzene rings is 1. The van der Waals surface area contributed by atoms with E-state index < -0.39 is 0 Å². The molecule has 0 fully saturated rings. The number of hydrogen-bond donors (Lipinski definition) is 2. The van der Waals surface area contributed by atoms with Crippen LogP contribution in [0.5, 0.6) is 0 Å². The topological polar surface area (TPSA) is 63.8 Å². The third kappa shape index (κ3) is 2.39. The molecule has 0 spiro atoms. The highest BCUT2D eigenvalue weighted by atomic mass is 15.2. The van der Waals surface area contributed by atoms with Crippen LogP contribution in [0.4, 0.5) is 0 Å². The lowest BCUT2D eigenvalue weighted by molar-refractivity contribution is 0.635. The van der Waals surface area contributed by atoms with E-state index in [-0.39, 0.29) is 6.04 Å². The molecule has 3 N–H and O–H groups in total. The molecule has 2 heterocycles. The molecule has 3 rings (SSSR count). The minimum atomic E-state index is -0.0768. The molecule has 0 bridgehead atoms. The molecule has 0 radical (unpaired) electrons. The summed E-state index contributed by atoms with van der Waals surface area (Å²) >= 11 is 0. The molecule has 3 aromatic rings. The lowest BCUT2D eigenvalue weighted by Crippen LogP contribution is -2.29. The predicted molar refractivity (Wildman–Crippen MR) is 79.9 cm³/mol. The van der Waals surface area contributed by atoms with E-state index in [4.69, 9.17) is 5.84 Å². The maximum Gasteiger partial charge on any atom is 0.0725 e. The number of nitrogens with two attached hydrogens (primary N) is 1. The Balaban J connectivity index is 2.07. The van der Waals surface area contributed by atoms with Crippen molar-refractivity contribution in [2.75, 3.05) is 0 Å². The first-order valence-electron chi connectivity index (χ1n) is 6.50. The number of aromatic nitrogens is 2. The SMILES string of the molecule is Cc1cncc(C(NN)c2ccc3ncccc3c2)c1. The van der Waals surface area contributed by atoms with Crippen molar-refractivity contribution >= 4 is 10.9 Å². The summed E-state index contributed by atoms with van der Waals surface area (Å²) in [5.41, 5.74) is 7.11. The number of nitrogens with one attached hydrogen (secondary N) is 1. The molecule has 4 heteroatoms. The van der Waals surface area contributed by atoms with Crippen LogP contribution in [0.25, 0.3) is 10.9 Å². The summed E-state index contributed by atoms with van der Waals surface area (Å²) in [5, 5.41) is 1.10. The fourth-order valence-electron chi connectivity index (χ4n) is 2.39. The Morgan fingerprint density at radius 2 is 2.00 bits per heavy atom. The standard InChI is InChI=1S/C16H16N4/c1-11-7-14(10-18-9-11)16(20-17)13-4-5-15-12(8-13)3-2-6-19-15/h2-10,16,20H,17H2,1H3. The summed E-state index contributed by atoms with van der Waals surface area (Å²) in [6.07, 6.45) is 5.47. The van der Waals surface area contributed by atoms with Gasteiger partial charge in [-0.3, -0.25) is 15.8 Å². The average Bonchev–Trinajstić information content (AvgIpc) is 2.48. The van der Waals surface area contributed by atoms with Crippen molar-refractivity contribution in [1.29, 1.82) is 0 Å². The highest BCUT2D eigenvalue weighted by molar-refractivity contribution is 5.79. The first-order chi connectivity index (χ1) is 9.78. The zero-order valence-corrected chi connectivity index (χ0v) is 11.2. The van der Waals surface area contributed by atoms with Crippen molar-refractivity contribution in [1.82, 2.24) is 15.4 Å². The largest absolute Gasteiger partial charge is 0.271 e. The van der Waals surface area contributed by atoms with Gasteiger partial charge in [0.25, 0.3) is 0 Å². The van der Waals surface area contributed by atoms with Crippen LogP contribution in [-0.2, 0) is 0 Å². The van der Waals surface area contributed by atoms with Gasteiger partial charge in [-0.2, -0.15) is 0 Å². The minimum absolute atomic E-state index is 0.0768. The van der Waals surface area contributed by atoms with E-state index in [1.54, 1.807) is 6.20 Å². The lowest BCUT2D eigenvalue weighted by Gasteiger charge is -2.17. The molecule has 1 unspecified atom stereocenters. The van der Waals surface area contributed by atoms with Crippen molar-refractivity contribution in [2.24, 2.45) is 5.84 Å². The van der Waals surface area contributed by atoms with Crippen LogP contribution < -0.4 is 11.3 Å². The van der Waals surface area contributed by atoms with Gasteiger partial charge in [-0.05, 0) is 41.8 Å². The lowest BCUT2D eigenvalue weighted by atomic mass is 9.98. The van der Waals surface area contributed by atoms with Gasteiger partial charge in [0.2, 0.25) is 0 Å². The van der Waals surface area contributed by atoms with Crippen LogP contribution in [0, 0.1) is 6.92 Å². The van der Waals surface area contributed by atoms with Crippen molar-refractivity contribution in [2.45, 2.75) is 13.0 Å². The Labute approximate surface area is 117 Å². The van der Waals surface area contributed by atoms with Gasteiger partial charge >= 0.3 is 0 Å². The smallest absolute Gasteiger partial charge is 0.0725 e. The number of aryl methyl sites for hydroxylation is 1. The van der Waals surface area contributed by atoms with Crippen molar-refractivity contribution < 1.29 is 0 Å². The van der Waals surface area contributed by atoms with E-state index in [9.17, 15) is 0 Å². The molecule has 100 valence electrons. The molecule has 1 aromatic carbocycles. The number of hydrazine groups is 1. The summed E-state index contributed by atoms with van der Waals surface area (Å²) in [7, 11) is 0. The Hall–Kier alpha value is -2.30. The van der Waals surface area contributed by atoms with Crippen LogP contribution >= 0.6 is 0 Å². The van der Waals surface area contributed by atoms with E-state index in [1.807, 2.05) is 43.6 Å². The Morgan fingerprint density at radius 1 is 1.10 bits per heavy atom. The Kier molecular flexibility index (Phi) is 3.41. The molecule has 20 heavy (non-hydrogen) atoms. The zero-order valence-electron chi connectivity index (χ0n) is 11.2. The summed E-state index contributed by atoms with van der Waals surface area (Å²) < 4.78 is 0. The predicted octanol–water partition coefficient (Wildman–Crippen LogP) is 2.49. The van der Waals surface area contributed by atoms with Gasteiger partial charge < -0.3 is 0 Å². The van der Waals surface area contributed by atoms with E-state index in [0.717, 1.165) is 27.6 Å². The van der Waals surface area contributed by atoms with Gasteiger partial charge in [-0.15, -0.1) is 0 Å². The summed E-state index contributed by atoms with van der Waals surface area (Å²) in [4.78, 5) is 8.56. The molecule has 0 saturated carbocycles. The molecule has 4 nitrogen and oxygen atoms in total. The molecule has 0 saturated heterocycles. The number of pyridine rings is 2. The van der Waals surface area contributed by atoms with Crippen molar-refractivity contribution in [3.63, 3.8) is 0 Å². The number of hydrogen-bond acceptors (Lipinski definition) is 4. The van der Waals surface area contributed by atoms with Gasteiger partial charge in [0, 0.05) is 24.0 Å². The first kappa shape index (κ1) is 12.7. The summed E-state index contributed by atoms with van der Waals surface area (Å²) in [6.45, 7) is 2.02. The highest BCUT2D eigenvalue weighted by Crippen LogP contribution is 2.24. The van der Waals surface area contributed by atoms with Crippen molar-refractivity contribution in [3.05, 3.63) is 71.7 Å². The fraction of sp³-hybridized carbons (Fsp3) is 0.125. The van der Waals surface area contributed by atoms with E-state index >= 15 is 0 Å². The molecule has 0 aliphatic rings. The van der Waals surface area contributed by atoms with Crippen LogP contribution in [0.15, 0.2) is 55.0 Å². The van der Waals surface area contributed by atoms with Gasteiger partial charge in [0.1, 0.15) is 0 Å². The molecule has 0 aliphatic carbocycles. The second-order valence-electron chi connectivity index (χ2n) is 4.85. The monoisotopic (exact) mass is 264 g/mol. The first-order valence-corrected chi connectivity index (χ1v) is 6.50. The summed E-state index contributed by atoms with van der Waals surface area (Å²) in [6, 6.07) is 12.2. The third-order valence-electron chi connectivity index (χ3n) is 3.36. The van der Waals surface area contributed by atoms with Gasteiger partial charge in [-0.1, -0.05) is 18.2 Å². The van der Waals surface area contributed by atoms with E-state index in [1.165, 1.54) is 0 Å². The molecular formula is C16H16N4. The molecule has 2 aromatic heterocycles. The van der Waals surface area contributed by atoms with Crippen LogP contribution in [-0.4, -0.2) is 9.97 Å². The third-order valence-corrected chi connectivity index (χ3v) is 3.36. The van der Waals surface area contributed by atoms with Gasteiger partial charge in [0.05, 0.1) is 11.6 Å². The summed E-state index contributed by atoms with van der Waals surface area (Å²) in [5.74, 6) is 5.74. The van der Waals surface area contributed by atoms with E-state index in [2.05, 4.69) is 27.5 Å². The normalized spacial score (nSPS) is 12.5. The second-order valence-corrected chi connectivity index (χ2v) is 4.85. The maximum absolute atomic E-state index is 5.74. The maximum atomic E-state index is 5.74. The number of nitrogens with zero attached hydrogens (tertiary/aromatic N) is 2. The number of rotatable bonds is 3. The fourth-order valence-corrected chi connectivity index (χ4v) is 2.39. The van der Waals surface area contributed by atoms with Crippen LogP contribution in [0.1, 0.15) is 22.7 Å². The quantitative estimate of drug-likeness (QED) is 0.563. The van der Waals surface area contributed by atoms with Gasteiger partial charge in [-0.25, -0.2) is 5.43 Å². The molecule has 1 atom stereocenters. The average molecular weight is 264 g/mol. The Bertz CT molecular complexity index is 739. The molecule has 0 aliphatic heterocycles. The van der Waals surface area contributed by atoms with Crippen LogP contribution in [0.3, 0.4) is 0 Å². The minimum Gasteiger partial charge on any atom is -0.271 e. The molecule has 0 amide bonds. The Morgan fingerprint density at radius 3 is 2.80 bits per heavy atom. The molecular weight excluding hydrogens is 248 g/mol. The zero-order chi connectivity index (χ0) is 13.9. The second kappa shape index (κ2) is 5.36. The van der Waals surface area contributed by atoms with Gasteiger partial charge in [0.15, 0.2) is 0 Å².